The summed E-state index contributed by atoms with van der Waals surface area (Å²) in [5, 5.41) is 3.46. The number of H-pyrrole nitrogens is 1. The normalized spacial score (nSPS) is 18.2. The molecule has 1 fully saturated rings. The zero-order valence-corrected chi connectivity index (χ0v) is 13.5. The SMILES string of the molecule is CC(C)c1nccc(NC2CCCN(c3ncc[nH]c3=O)C2)n1. The van der Waals surface area contributed by atoms with Crippen LogP contribution in [0.5, 0.6) is 0 Å². The minimum atomic E-state index is -0.141. The topological polar surface area (TPSA) is 86.8 Å². The number of anilines is 2. The first kappa shape index (κ1) is 15.5. The summed E-state index contributed by atoms with van der Waals surface area (Å²) in [5.74, 6) is 2.46. The van der Waals surface area contributed by atoms with Crippen LogP contribution in [0.15, 0.2) is 29.5 Å². The van der Waals surface area contributed by atoms with E-state index in [-0.39, 0.29) is 11.6 Å². The highest BCUT2D eigenvalue weighted by atomic mass is 16.1. The molecule has 2 aromatic heterocycles. The summed E-state index contributed by atoms with van der Waals surface area (Å²) < 4.78 is 0. The lowest BCUT2D eigenvalue weighted by Gasteiger charge is -2.33. The molecule has 0 saturated carbocycles. The molecule has 0 amide bonds. The van der Waals surface area contributed by atoms with Gasteiger partial charge in [0.05, 0.1) is 0 Å². The Morgan fingerprint density at radius 3 is 3.00 bits per heavy atom. The van der Waals surface area contributed by atoms with E-state index in [4.69, 9.17) is 0 Å². The molecule has 2 aromatic rings. The molecule has 7 nitrogen and oxygen atoms in total. The second kappa shape index (κ2) is 6.76. The number of rotatable bonds is 4. The first-order valence-corrected chi connectivity index (χ1v) is 8.01. The number of hydrogen-bond donors (Lipinski definition) is 2. The summed E-state index contributed by atoms with van der Waals surface area (Å²) >= 11 is 0. The Labute approximate surface area is 135 Å². The third-order valence-electron chi connectivity index (χ3n) is 3.95. The fourth-order valence-corrected chi connectivity index (χ4v) is 2.80. The lowest BCUT2D eigenvalue weighted by molar-refractivity contribution is 0.523. The van der Waals surface area contributed by atoms with Gasteiger partial charge in [-0.05, 0) is 18.9 Å². The predicted octanol–water partition coefficient (Wildman–Crippen LogP) is 1.76. The highest BCUT2D eigenvalue weighted by molar-refractivity contribution is 5.40. The molecule has 0 spiro atoms. The van der Waals surface area contributed by atoms with E-state index in [1.807, 2.05) is 11.0 Å². The van der Waals surface area contributed by atoms with Crippen molar-refractivity contribution in [2.45, 2.75) is 38.6 Å². The second-order valence-corrected chi connectivity index (χ2v) is 6.13. The minimum Gasteiger partial charge on any atom is -0.365 e. The van der Waals surface area contributed by atoms with Gasteiger partial charge in [0, 0.05) is 43.6 Å². The predicted molar refractivity (Wildman–Crippen MR) is 89.8 cm³/mol. The third kappa shape index (κ3) is 3.67. The molecule has 2 N–H and O–H groups in total. The van der Waals surface area contributed by atoms with Crippen LogP contribution in [-0.4, -0.2) is 39.1 Å². The highest BCUT2D eigenvalue weighted by Crippen LogP contribution is 2.18. The van der Waals surface area contributed by atoms with Crippen LogP contribution >= 0.6 is 0 Å². The molecular weight excluding hydrogens is 292 g/mol. The van der Waals surface area contributed by atoms with Gasteiger partial charge in [0.2, 0.25) is 0 Å². The second-order valence-electron chi connectivity index (χ2n) is 6.13. The van der Waals surface area contributed by atoms with E-state index in [2.05, 4.69) is 39.1 Å². The molecule has 3 rings (SSSR count). The maximum atomic E-state index is 11.9. The fraction of sp³-hybridized carbons (Fsp3) is 0.500. The molecule has 1 aliphatic heterocycles. The van der Waals surface area contributed by atoms with Crippen LogP contribution in [0.1, 0.15) is 38.4 Å². The molecule has 0 radical (unpaired) electrons. The molecule has 1 unspecified atom stereocenters. The van der Waals surface area contributed by atoms with E-state index >= 15 is 0 Å². The van der Waals surface area contributed by atoms with Gasteiger partial charge >= 0.3 is 0 Å². The Morgan fingerprint density at radius 1 is 1.35 bits per heavy atom. The van der Waals surface area contributed by atoms with Gasteiger partial charge in [0.15, 0.2) is 5.82 Å². The highest BCUT2D eigenvalue weighted by Gasteiger charge is 2.22. The van der Waals surface area contributed by atoms with Crippen LogP contribution in [0.4, 0.5) is 11.6 Å². The van der Waals surface area contributed by atoms with Crippen molar-refractivity contribution in [3.8, 4) is 0 Å². The van der Waals surface area contributed by atoms with Gasteiger partial charge in [0.1, 0.15) is 11.6 Å². The van der Waals surface area contributed by atoms with E-state index < -0.39 is 0 Å². The Hall–Kier alpha value is -2.44. The van der Waals surface area contributed by atoms with Crippen LogP contribution < -0.4 is 15.8 Å². The number of nitrogens with zero attached hydrogens (tertiary/aromatic N) is 4. The standard InChI is InChI=1S/C16H22N6O/c1-11(2)14-17-6-5-13(21-14)20-12-4-3-9-22(10-12)15-16(23)19-8-7-18-15/h5-8,11-12H,3-4,9-10H2,1-2H3,(H,19,23)(H,17,20,21). The third-order valence-corrected chi connectivity index (χ3v) is 3.95. The monoisotopic (exact) mass is 314 g/mol. The average molecular weight is 314 g/mol. The van der Waals surface area contributed by atoms with E-state index in [1.165, 1.54) is 0 Å². The van der Waals surface area contributed by atoms with Crippen molar-refractivity contribution in [3.63, 3.8) is 0 Å². The van der Waals surface area contributed by atoms with Crippen molar-refractivity contribution in [1.29, 1.82) is 0 Å². The Balaban J connectivity index is 1.71. The number of piperidine rings is 1. The Kier molecular flexibility index (Phi) is 4.55. The van der Waals surface area contributed by atoms with Crippen molar-refractivity contribution in [2.75, 3.05) is 23.3 Å². The van der Waals surface area contributed by atoms with Gasteiger partial charge in [-0.1, -0.05) is 13.8 Å². The molecule has 0 aliphatic carbocycles. The smallest absolute Gasteiger partial charge is 0.290 e. The van der Waals surface area contributed by atoms with Crippen molar-refractivity contribution < 1.29 is 0 Å². The summed E-state index contributed by atoms with van der Waals surface area (Å²) in [7, 11) is 0. The number of nitrogens with one attached hydrogen (secondary N) is 2. The number of aromatic nitrogens is 4. The summed E-state index contributed by atoms with van der Waals surface area (Å²) in [5.41, 5.74) is -0.141. The molecule has 23 heavy (non-hydrogen) atoms. The fourth-order valence-electron chi connectivity index (χ4n) is 2.80. The molecule has 1 saturated heterocycles. The van der Waals surface area contributed by atoms with Gasteiger partial charge in [-0.25, -0.2) is 15.0 Å². The van der Waals surface area contributed by atoms with Gasteiger partial charge in [-0.15, -0.1) is 0 Å². The Morgan fingerprint density at radius 2 is 2.22 bits per heavy atom. The first-order valence-electron chi connectivity index (χ1n) is 8.01. The van der Waals surface area contributed by atoms with Crippen LogP contribution in [0.3, 0.4) is 0 Å². The lowest BCUT2D eigenvalue weighted by Crippen LogP contribution is -2.44. The molecule has 3 heterocycles. The van der Waals surface area contributed by atoms with Crippen LogP contribution in [0.25, 0.3) is 0 Å². The van der Waals surface area contributed by atoms with E-state index in [0.29, 0.717) is 11.7 Å². The zero-order valence-electron chi connectivity index (χ0n) is 13.5. The minimum absolute atomic E-state index is 0.141. The van der Waals surface area contributed by atoms with Gasteiger partial charge in [0.25, 0.3) is 5.56 Å². The van der Waals surface area contributed by atoms with Crippen LogP contribution in [-0.2, 0) is 0 Å². The van der Waals surface area contributed by atoms with E-state index in [0.717, 1.165) is 37.6 Å². The van der Waals surface area contributed by atoms with Gasteiger partial charge < -0.3 is 15.2 Å². The summed E-state index contributed by atoms with van der Waals surface area (Å²) in [6.45, 7) is 5.74. The van der Waals surface area contributed by atoms with Crippen molar-refractivity contribution in [3.05, 3.63) is 40.8 Å². The van der Waals surface area contributed by atoms with Crippen LogP contribution in [0, 0.1) is 0 Å². The average Bonchev–Trinajstić information content (AvgIpc) is 2.56. The van der Waals surface area contributed by atoms with Gasteiger partial charge in [-0.3, -0.25) is 4.79 Å². The maximum absolute atomic E-state index is 11.9. The van der Waals surface area contributed by atoms with Gasteiger partial charge in [-0.2, -0.15) is 0 Å². The molecule has 122 valence electrons. The molecule has 1 aliphatic rings. The summed E-state index contributed by atoms with van der Waals surface area (Å²) in [6, 6.07) is 2.12. The van der Waals surface area contributed by atoms with E-state index in [1.54, 1.807) is 18.6 Å². The quantitative estimate of drug-likeness (QED) is 0.894. The lowest BCUT2D eigenvalue weighted by atomic mass is 10.1. The van der Waals surface area contributed by atoms with E-state index in [9.17, 15) is 4.79 Å². The number of aromatic amines is 1. The maximum Gasteiger partial charge on any atom is 0.290 e. The molecule has 7 heteroatoms. The largest absolute Gasteiger partial charge is 0.365 e. The summed E-state index contributed by atoms with van der Waals surface area (Å²) in [6.07, 6.45) is 7.01. The van der Waals surface area contributed by atoms with Crippen molar-refractivity contribution in [2.24, 2.45) is 0 Å². The van der Waals surface area contributed by atoms with Crippen molar-refractivity contribution in [1.82, 2.24) is 19.9 Å². The van der Waals surface area contributed by atoms with Crippen molar-refractivity contribution >= 4 is 11.6 Å². The number of hydrogen-bond acceptors (Lipinski definition) is 6. The molecular formula is C16H22N6O. The summed E-state index contributed by atoms with van der Waals surface area (Å²) in [4.78, 5) is 29.7. The first-order chi connectivity index (χ1) is 11.1. The zero-order chi connectivity index (χ0) is 16.2. The molecule has 0 bridgehead atoms. The molecule has 1 atom stereocenters. The molecule has 0 aromatic carbocycles. The van der Waals surface area contributed by atoms with Crippen LogP contribution in [0.2, 0.25) is 0 Å². The Bertz CT molecular complexity index is 713.